The van der Waals surface area contributed by atoms with Crippen LogP contribution in [0.15, 0.2) is 66.7 Å². The molecule has 1 saturated heterocycles. The molecule has 11 heteroatoms. The van der Waals surface area contributed by atoms with Crippen molar-refractivity contribution in [3.8, 4) is 17.1 Å². The van der Waals surface area contributed by atoms with Crippen molar-refractivity contribution < 1.29 is 36.9 Å². The molecular formula is C33H27F4N3O4. The Bertz CT molecular complexity index is 1890. The predicted octanol–water partition coefficient (Wildman–Crippen LogP) is 7.12. The Balaban J connectivity index is 1.32. The number of aromatic nitrogens is 3. The largest absolute Gasteiger partial charge is 0.478 e. The summed E-state index contributed by atoms with van der Waals surface area (Å²) < 4.78 is 72.2. The van der Waals surface area contributed by atoms with E-state index in [0.717, 1.165) is 24.3 Å². The molecule has 3 heterocycles. The van der Waals surface area contributed by atoms with Gasteiger partial charge in [0.15, 0.2) is 0 Å². The fraction of sp³-hybridized carbons (Fsp3) is 0.242. The van der Waals surface area contributed by atoms with Crippen LogP contribution in [0.3, 0.4) is 0 Å². The number of aromatic carboxylic acids is 1. The van der Waals surface area contributed by atoms with Gasteiger partial charge >= 0.3 is 5.97 Å². The third-order valence-corrected chi connectivity index (χ3v) is 7.88. The first-order valence-corrected chi connectivity index (χ1v) is 13.8. The summed E-state index contributed by atoms with van der Waals surface area (Å²) in [5, 5.41) is 9.56. The highest BCUT2D eigenvalue weighted by Gasteiger charge is 2.39. The molecule has 0 aliphatic carbocycles. The average molecular weight is 606 g/mol. The van der Waals surface area contributed by atoms with Gasteiger partial charge in [-0.3, -0.25) is 0 Å². The van der Waals surface area contributed by atoms with Crippen LogP contribution in [0.1, 0.15) is 47.2 Å². The topological polar surface area (TPSA) is 86.5 Å². The molecule has 2 aromatic heterocycles. The third-order valence-electron chi connectivity index (χ3n) is 7.88. The maximum atomic E-state index is 15.6. The summed E-state index contributed by atoms with van der Waals surface area (Å²) >= 11 is 0. The van der Waals surface area contributed by atoms with E-state index in [0.29, 0.717) is 30.1 Å². The van der Waals surface area contributed by atoms with E-state index in [1.807, 2.05) is 18.4 Å². The molecule has 1 fully saturated rings. The maximum absolute atomic E-state index is 15.6. The summed E-state index contributed by atoms with van der Waals surface area (Å²) in [6.07, 6.45) is -0.0719. The van der Waals surface area contributed by atoms with Crippen molar-refractivity contribution in [1.82, 2.24) is 14.5 Å². The molecule has 3 aromatic carbocycles. The van der Waals surface area contributed by atoms with E-state index in [1.165, 1.54) is 36.4 Å². The van der Waals surface area contributed by atoms with Gasteiger partial charge in [-0.25, -0.2) is 32.3 Å². The summed E-state index contributed by atoms with van der Waals surface area (Å²) in [5.41, 5.74) is 0.558. The Hall–Kier alpha value is -4.77. The fourth-order valence-electron chi connectivity index (χ4n) is 5.48. The molecule has 0 spiro atoms. The molecule has 7 nitrogen and oxygen atoms in total. The summed E-state index contributed by atoms with van der Waals surface area (Å²) in [7, 11) is 0. The zero-order chi connectivity index (χ0) is 31.2. The number of benzene rings is 3. The molecule has 1 atom stereocenters. The van der Waals surface area contributed by atoms with Crippen LogP contribution >= 0.6 is 0 Å². The van der Waals surface area contributed by atoms with E-state index in [9.17, 15) is 18.7 Å². The van der Waals surface area contributed by atoms with Gasteiger partial charge in [-0.2, -0.15) is 0 Å². The number of pyridine rings is 1. The number of halogens is 4. The van der Waals surface area contributed by atoms with E-state index >= 15 is 8.78 Å². The molecule has 0 amide bonds. The van der Waals surface area contributed by atoms with Crippen LogP contribution in [0.2, 0.25) is 0 Å². The first kappa shape index (κ1) is 29.3. The van der Waals surface area contributed by atoms with Crippen molar-refractivity contribution in [2.45, 2.75) is 32.9 Å². The number of hydrogen-bond acceptors (Lipinski definition) is 5. The van der Waals surface area contributed by atoms with Crippen LogP contribution in [0.5, 0.6) is 5.88 Å². The molecule has 1 aliphatic heterocycles. The summed E-state index contributed by atoms with van der Waals surface area (Å²) in [6, 6.07) is 14.4. The van der Waals surface area contributed by atoms with Crippen LogP contribution < -0.4 is 4.74 Å². The van der Waals surface area contributed by atoms with Crippen LogP contribution in [-0.4, -0.2) is 38.8 Å². The van der Waals surface area contributed by atoms with Crippen molar-refractivity contribution in [2.75, 3.05) is 13.2 Å². The van der Waals surface area contributed by atoms with Crippen LogP contribution in [-0.2, 0) is 17.8 Å². The zero-order valence-electron chi connectivity index (χ0n) is 23.8. The Morgan fingerprint density at radius 1 is 0.977 bits per heavy atom. The molecule has 1 N–H and O–H groups in total. The lowest BCUT2D eigenvalue weighted by Crippen LogP contribution is -2.27. The number of fused-ring (bicyclic) bond motifs is 1. The first-order chi connectivity index (χ1) is 21.0. The highest BCUT2D eigenvalue weighted by molar-refractivity contribution is 5.92. The quantitative estimate of drug-likeness (QED) is 0.190. The van der Waals surface area contributed by atoms with Gasteiger partial charge in [0.05, 0.1) is 47.1 Å². The van der Waals surface area contributed by atoms with Crippen molar-refractivity contribution in [1.29, 1.82) is 0 Å². The number of carboxylic acid groups (broad SMARTS) is 1. The fourth-order valence-corrected chi connectivity index (χ4v) is 5.48. The zero-order valence-corrected chi connectivity index (χ0v) is 23.8. The SMILES string of the molecule is CC1(C)COC[C@H]1n1c(Cc2cc(F)c(-c3cccc(OCc4c(F)cccc4F)n3)cc2F)nc2ccc(C(=O)O)cc21. The number of rotatable bonds is 8. The van der Waals surface area contributed by atoms with Gasteiger partial charge in [0.1, 0.15) is 35.7 Å². The lowest BCUT2D eigenvalue weighted by atomic mass is 9.87. The van der Waals surface area contributed by atoms with E-state index < -0.39 is 35.8 Å². The first-order valence-electron chi connectivity index (χ1n) is 13.8. The van der Waals surface area contributed by atoms with Gasteiger partial charge in [0, 0.05) is 23.5 Å². The summed E-state index contributed by atoms with van der Waals surface area (Å²) in [4.78, 5) is 20.6. The highest BCUT2D eigenvalue weighted by atomic mass is 19.1. The lowest BCUT2D eigenvalue weighted by molar-refractivity contribution is 0.0697. The van der Waals surface area contributed by atoms with Gasteiger partial charge < -0.3 is 19.1 Å². The van der Waals surface area contributed by atoms with Gasteiger partial charge in [-0.15, -0.1) is 0 Å². The van der Waals surface area contributed by atoms with Crippen molar-refractivity contribution in [3.05, 3.63) is 113 Å². The molecule has 44 heavy (non-hydrogen) atoms. The van der Waals surface area contributed by atoms with Gasteiger partial charge in [-0.05, 0) is 54.1 Å². The van der Waals surface area contributed by atoms with E-state index in [1.54, 1.807) is 6.07 Å². The van der Waals surface area contributed by atoms with Gasteiger partial charge in [-0.1, -0.05) is 26.0 Å². The molecule has 226 valence electrons. The average Bonchev–Trinajstić information content (AvgIpc) is 3.51. The van der Waals surface area contributed by atoms with Crippen molar-refractivity contribution in [2.24, 2.45) is 5.41 Å². The summed E-state index contributed by atoms with van der Waals surface area (Å²) in [5.74, 6) is -3.67. The van der Waals surface area contributed by atoms with E-state index in [-0.39, 0.29) is 51.7 Å². The number of carboxylic acids is 1. The number of carbonyl (C=O) groups is 1. The number of imidazole rings is 1. The molecule has 0 radical (unpaired) electrons. The standard InChI is InChI=1S/C33H27F4N3O4/c1-33(2)17-43-16-29(33)40-28-12-18(32(41)42)9-10-27(28)38-30(40)13-19-11-25(37)20(14-24(19)36)26-7-4-8-31(39-26)44-15-21-22(34)5-3-6-23(21)35/h3-12,14,29H,13,15-17H2,1-2H3,(H,41,42)/t29-/m1/s1. The summed E-state index contributed by atoms with van der Waals surface area (Å²) in [6.45, 7) is 4.43. The molecule has 0 saturated carbocycles. The van der Waals surface area contributed by atoms with Gasteiger partial charge in [0.2, 0.25) is 5.88 Å². The minimum absolute atomic E-state index is 0.0233. The predicted molar refractivity (Wildman–Crippen MR) is 153 cm³/mol. The smallest absolute Gasteiger partial charge is 0.335 e. The molecule has 6 rings (SSSR count). The Morgan fingerprint density at radius 2 is 1.73 bits per heavy atom. The van der Waals surface area contributed by atoms with E-state index in [4.69, 9.17) is 9.47 Å². The molecule has 5 aromatic rings. The van der Waals surface area contributed by atoms with Crippen LogP contribution in [0, 0.1) is 28.7 Å². The number of ether oxygens (including phenoxy) is 2. The third kappa shape index (κ3) is 5.50. The molecule has 1 aliphatic rings. The van der Waals surface area contributed by atoms with Crippen molar-refractivity contribution in [3.63, 3.8) is 0 Å². The molecule has 0 bridgehead atoms. The van der Waals surface area contributed by atoms with Gasteiger partial charge in [0.25, 0.3) is 0 Å². The minimum Gasteiger partial charge on any atom is -0.478 e. The number of hydrogen-bond donors (Lipinski definition) is 1. The van der Waals surface area contributed by atoms with E-state index in [2.05, 4.69) is 9.97 Å². The van der Waals surface area contributed by atoms with Crippen LogP contribution in [0.4, 0.5) is 17.6 Å². The molecule has 0 unspecified atom stereocenters. The Labute approximate surface area is 249 Å². The molecular weight excluding hydrogens is 578 g/mol. The van der Waals surface area contributed by atoms with Crippen molar-refractivity contribution >= 4 is 17.0 Å². The Kier molecular flexibility index (Phi) is 7.58. The second-order valence-electron chi connectivity index (χ2n) is 11.4. The highest BCUT2D eigenvalue weighted by Crippen LogP contribution is 2.40. The number of nitrogens with zero attached hydrogens (tertiary/aromatic N) is 3. The Morgan fingerprint density at radius 3 is 2.43 bits per heavy atom. The minimum atomic E-state index is -1.09. The normalized spacial score (nSPS) is 16.0. The monoisotopic (exact) mass is 605 g/mol. The second-order valence-corrected chi connectivity index (χ2v) is 11.4. The second kappa shape index (κ2) is 11.4. The lowest BCUT2D eigenvalue weighted by Gasteiger charge is -2.28. The maximum Gasteiger partial charge on any atom is 0.335 e. The van der Waals surface area contributed by atoms with Crippen LogP contribution in [0.25, 0.3) is 22.3 Å².